The third-order valence-corrected chi connectivity index (χ3v) is 3.78. The Labute approximate surface area is 118 Å². The number of nitrogens with one attached hydrogen (secondary N) is 1. The number of nitrogens with two attached hydrogens (primary N) is 1. The van der Waals surface area contributed by atoms with Crippen molar-refractivity contribution in [2.24, 2.45) is 5.73 Å². The van der Waals surface area contributed by atoms with Gasteiger partial charge in [0.2, 0.25) is 0 Å². The number of ether oxygens (including phenoxy) is 1. The summed E-state index contributed by atoms with van der Waals surface area (Å²) in [5.41, 5.74) is 5.38. The summed E-state index contributed by atoms with van der Waals surface area (Å²) in [5.74, 6) is 1.99. The van der Waals surface area contributed by atoms with Crippen LogP contribution in [0.1, 0.15) is 38.4 Å². The number of rotatable bonds is 3. The fraction of sp³-hybridized carbons (Fsp3) is 0.714. The fourth-order valence-electron chi connectivity index (χ4n) is 2.77. The molecular weight excluding hydrogens is 256 g/mol. The molecule has 0 bridgehead atoms. The van der Waals surface area contributed by atoms with Gasteiger partial charge in [-0.2, -0.15) is 0 Å². The number of anilines is 1. The Hall–Kier alpha value is -1.40. The first kappa shape index (κ1) is 13.6. The molecule has 1 saturated heterocycles. The van der Waals surface area contributed by atoms with E-state index in [1.54, 1.807) is 6.07 Å². The van der Waals surface area contributed by atoms with Crippen LogP contribution in [0.25, 0.3) is 0 Å². The van der Waals surface area contributed by atoms with E-state index >= 15 is 0 Å². The maximum Gasteiger partial charge on any atom is 0.252 e. The lowest BCUT2D eigenvalue weighted by molar-refractivity contribution is -0.0790. The first-order valence-electron chi connectivity index (χ1n) is 7.21. The van der Waals surface area contributed by atoms with Gasteiger partial charge in [-0.1, -0.05) is 0 Å². The lowest BCUT2D eigenvalue weighted by Gasteiger charge is -2.43. The van der Waals surface area contributed by atoms with Gasteiger partial charge in [0, 0.05) is 31.6 Å². The predicted octanol–water partition coefficient (Wildman–Crippen LogP) is 0.590. The quantitative estimate of drug-likeness (QED) is 0.845. The van der Waals surface area contributed by atoms with Crippen molar-refractivity contribution < 1.29 is 4.74 Å². The standard InChI is InChI=1S/C14H22N4O2/c1-14(2)8-18(7-10(6-15)20-14)11-5-12(19)17-13(16-11)9-3-4-9/h5,9-10H,3-4,6-8,15H2,1-2H3,(H,16,17,19). The molecule has 1 aromatic rings. The molecule has 1 saturated carbocycles. The number of H-pyrrole nitrogens is 1. The Bertz CT molecular complexity index is 550. The fourth-order valence-corrected chi connectivity index (χ4v) is 2.77. The van der Waals surface area contributed by atoms with Crippen LogP contribution < -0.4 is 16.2 Å². The highest BCUT2D eigenvalue weighted by Gasteiger charge is 2.34. The highest BCUT2D eigenvalue weighted by molar-refractivity contribution is 5.39. The van der Waals surface area contributed by atoms with Crippen LogP contribution in [0.2, 0.25) is 0 Å². The minimum absolute atomic E-state index is 0.0239. The predicted molar refractivity (Wildman–Crippen MR) is 77.1 cm³/mol. The summed E-state index contributed by atoms with van der Waals surface area (Å²) in [6.07, 6.45) is 2.21. The van der Waals surface area contributed by atoms with E-state index in [0.29, 0.717) is 25.6 Å². The second kappa shape index (κ2) is 4.86. The number of aromatic nitrogens is 2. The minimum atomic E-state index is -0.285. The molecule has 0 amide bonds. The van der Waals surface area contributed by atoms with Gasteiger partial charge in [0.15, 0.2) is 0 Å². The molecule has 2 fully saturated rings. The van der Waals surface area contributed by atoms with Gasteiger partial charge >= 0.3 is 0 Å². The zero-order chi connectivity index (χ0) is 14.3. The molecule has 20 heavy (non-hydrogen) atoms. The first-order valence-corrected chi connectivity index (χ1v) is 7.21. The van der Waals surface area contributed by atoms with E-state index in [1.807, 2.05) is 13.8 Å². The third-order valence-electron chi connectivity index (χ3n) is 3.78. The molecule has 3 rings (SSSR count). The van der Waals surface area contributed by atoms with E-state index in [1.165, 1.54) is 0 Å². The molecule has 0 spiro atoms. The Balaban J connectivity index is 1.89. The normalized spacial score (nSPS) is 25.8. The Morgan fingerprint density at radius 3 is 2.95 bits per heavy atom. The van der Waals surface area contributed by atoms with Crippen LogP contribution in [-0.2, 0) is 4.74 Å². The third kappa shape index (κ3) is 2.86. The first-order chi connectivity index (χ1) is 9.47. The summed E-state index contributed by atoms with van der Waals surface area (Å²) in [6, 6.07) is 1.57. The zero-order valence-corrected chi connectivity index (χ0v) is 12.1. The number of nitrogens with zero attached hydrogens (tertiary/aromatic N) is 2. The topological polar surface area (TPSA) is 84.2 Å². The van der Waals surface area contributed by atoms with Crippen LogP contribution in [0.15, 0.2) is 10.9 Å². The maximum atomic E-state index is 11.8. The molecule has 2 aliphatic rings. The second-order valence-electron chi connectivity index (χ2n) is 6.38. The van der Waals surface area contributed by atoms with Crippen molar-refractivity contribution in [1.29, 1.82) is 0 Å². The van der Waals surface area contributed by atoms with E-state index in [2.05, 4.69) is 14.9 Å². The van der Waals surface area contributed by atoms with Gasteiger partial charge in [-0.15, -0.1) is 0 Å². The monoisotopic (exact) mass is 278 g/mol. The Kier molecular flexibility index (Phi) is 3.30. The van der Waals surface area contributed by atoms with Crippen molar-refractivity contribution in [3.63, 3.8) is 0 Å². The van der Waals surface area contributed by atoms with Crippen LogP contribution in [0.4, 0.5) is 5.82 Å². The highest BCUT2D eigenvalue weighted by Crippen LogP contribution is 2.38. The Morgan fingerprint density at radius 1 is 1.55 bits per heavy atom. The summed E-state index contributed by atoms with van der Waals surface area (Å²) in [7, 11) is 0. The van der Waals surface area contributed by atoms with Crippen molar-refractivity contribution in [2.45, 2.75) is 44.3 Å². The lowest BCUT2D eigenvalue weighted by atomic mass is 10.1. The van der Waals surface area contributed by atoms with Gasteiger partial charge in [0.25, 0.3) is 5.56 Å². The number of aromatic amines is 1. The summed E-state index contributed by atoms with van der Waals surface area (Å²) in [4.78, 5) is 21.4. The van der Waals surface area contributed by atoms with Gasteiger partial charge in [-0.3, -0.25) is 4.79 Å². The molecule has 0 aromatic carbocycles. The number of morpholine rings is 1. The average Bonchev–Trinajstić information content (AvgIpc) is 3.20. The maximum absolute atomic E-state index is 11.8. The molecule has 1 aliphatic heterocycles. The van der Waals surface area contributed by atoms with Crippen LogP contribution in [0.3, 0.4) is 0 Å². The summed E-state index contributed by atoms with van der Waals surface area (Å²) < 4.78 is 5.91. The van der Waals surface area contributed by atoms with Crippen LogP contribution in [-0.4, -0.2) is 41.3 Å². The number of hydrogen-bond acceptors (Lipinski definition) is 5. The smallest absolute Gasteiger partial charge is 0.252 e. The number of hydrogen-bond donors (Lipinski definition) is 2. The summed E-state index contributed by atoms with van der Waals surface area (Å²) in [5, 5.41) is 0. The van der Waals surface area contributed by atoms with Gasteiger partial charge < -0.3 is 20.4 Å². The van der Waals surface area contributed by atoms with E-state index < -0.39 is 0 Å². The van der Waals surface area contributed by atoms with E-state index in [4.69, 9.17) is 10.5 Å². The van der Waals surface area contributed by atoms with Gasteiger partial charge in [0.1, 0.15) is 11.6 Å². The Morgan fingerprint density at radius 2 is 2.30 bits per heavy atom. The molecule has 1 aromatic heterocycles. The summed E-state index contributed by atoms with van der Waals surface area (Å²) >= 11 is 0. The van der Waals surface area contributed by atoms with E-state index in [0.717, 1.165) is 24.5 Å². The van der Waals surface area contributed by atoms with Gasteiger partial charge in [0.05, 0.1) is 11.7 Å². The summed E-state index contributed by atoms with van der Waals surface area (Å²) in [6.45, 7) is 5.94. The van der Waals surface area contributed by atoms with Crippen LogP contribution in [0.5, 0.6) is 0 Å². The van der Waals surface area contributed by atoms with E-state index in [9.17, 15) is 4.79 Å². The molecule has 110 valence electrons. The van der Waals surface area contributed by atoms with Gasteiger partial charge in [-0.25, -0.2) is 4.98 Å². The van der Waals surface area contributed by atoms with Crippen molar-refractivity contribution in [3.8, 4) is 0 Å². The molecular formula is C14H22N4O2. The zero-order valence-electron chi connectivity index (χ0n) is 12.1. The lowest BCUT2D eigenvalue weighted by Crippen LogP contribution is -2.55. The van der Waals surface area contributed by atoms with Crippen molar-refractivity contribution >= 4 is 5.82 Å². The SMILES string of the molecule is CC1(C)CN(c2cc(=O)[nH]c(C3CC3)n2)CC(CN)O1. The van der Waals surface area contributed by atoms with Crippen molar-refractivity contribution in [2.75, 3.05) is 24.5 Å². The van der Waals surface area contributed by atoms with Gasteiger partial charge in [-0.05, 0) is 26.7 Å². The molecule has 2 heterocycles. The highest BCUT2D eigenvalue weighted by atomic mass is 16.5. The molecule has 1 unspecified atom stereocenters. The molecule has 6 heteroatoms. The molecule has 0 radical (unpaired) electrons. The largest absolute Gasteiger partial charge is 0.367 e. The van der Waals surface area contributed by atoms with Crippen molar-refractivity contribution in [3.05, 3.63) is 22.2 Å². The van der Waals surface area contributed by atoms with Crippen LogP contribution >= 0.6 is 0 Å². The molecule has 1 atom stereocenters. The molecule has 3 N–H and O–H groups in total. The average molecular weight is 278 g/mol. The van der Waals surface area contributed by atoms with Crippen molar-refractivity contribution in [1.82, 2.24) is 9.97 Å². The van der Waals surface area contributed by atoms with E-state index in [-0.39, 0.29) is 17.3 Å². The second-order valence-corrected chi connectivity index (χ2v) is 6.38. The molecule has 6 nitrogen and oxygen atoms in total. The minimum Gasteiger partial charge on any atom is -0.367 e. The van der Waals surface area contributed by atoms with Crippen LogP contribution in [0, 0.1) is 0 Å². The molecule has 1 aliphatic carbocycles.